The molecule has 3 rings (SSSR count). The Morgan fingerprint density at radius 2 is 2.00 bits per heavy atom. The largest absolute Gasteiger partial charge is 0.325 e. The van der Waals surface area contributed by atoms with Gasteiger partial charge < -0.3 is 10.6 Å². The van der Waals surface area contributed by atoms with E-state index >= 15 is 0 Å². The summed E-state index contributed by atoms with van der Waals surface area (Å²) in [5, 5.41) is 6.43. The van der Waals surface area contributed by atoms with Crippen LogP contribution in [0.1, 0.15) is 37.9 Å². The molecule has 0 aliphatic carbocycles. The molecule has 0 bridgehead atoms. The fraction of sp³-hybridized carbons (Fsp3) is 0.429. The number of piperazine rings is 1. The molecule has 6 heteroatoms. The molecule has 1 aromatic carbocycles. The van der Waals surface area contributed by atoms with Crippen LogP contribution in [0.2, 0.25) is 0 Å². The van der Waals surface area contributed by atoms with Crippen molar-refractivity contribution < 1.29 is 4.79 Å². The summed E-state index contributed by atoms with van der Waals surface area (Å²) in [7, 11) is 0. The van der Waals surface area contributed by atoms with Crippen LogP contribution in [-0.2, 0) is 10.2 Å². The summed E-state index contributed by atoms with van der Waals surface area (Å²) < 4.78 is 0. The Hall–Kier alpha value is -1.95. The van der Waals surface area contributed by atoms with Gasteiger partial charge in [0, 0.05) is 43.8 Å². The molecule has 1 fully saturated rings. The van der Waals surface area contributed by atoms with Gasteiger partial charge in [-0.15, -0.1) is 12.4 Å². The molecule has 0 spiro atoms. The summed E-state index contributed by atoms with van der Waals surface area (Å²) in [6.45, 7) is 9.50. The Balaban J connectivity index is 0.00000261. The Kier molecular flexibility index (Phi) is 7.36. The summed E-state index contributed by atoms with van der Waals surface area (Å²) >= 11 is 0. The lowest BCUT2D eigenvalue weighted by Crippen LogP contribution is -2.48. The summed E-state index contributed by atoms with van der Waals surface area (Å²) in [5.74, 6) is 0.0179. The third kappa shape index (κ3) is 5.76. The van der Waals surface area contributed by atoms with Gasteiger partial charge >= 0.3 is 0 Å². The first-order chi connectivity index (χ1) is 12.4. The number of hydrogen-bond donors (Lipinski definition) is 2. The normalized spacial score (nSPS) is 17.8. The van der Waals surface area contributed by atoms with E-state index in [0.717, 1.165) is 30.9 Å². The Morgan fingerprint density at radius 1 is 1.26 bits per heavy atom. The smallest absolute Gasteiger partial charge is 0.238 e. The quantitative estimate of drug-likeness (QED) is 0.842. The Bertz CT molecular complexity index is 728. The van der Waals surface area contributed by atoms with E-state index in [1.165, 1.54) is 5.56 Å². The SMILES string of the molecule is CC(C)(C)c1ccc(NC(=O)CN2CCNCC2c2cccnc2)cc1.Cl. The molecule has 5 nitrogen and oxygen atoms in total. The Morgan fingerprint density at radius 3 is 2.63 bits per heavy atom. The van der Waals surface area contributed by atoms with Crippen molar-refractivity contribution in [3.63, 3.8) is 0 Å². The van der Waals surface area contributed by atoms with Crippen molar-refractivity contribution >= 4 is 24.0 Å². The Labute approximate surface area is 168 Å². The predicted octanol–water partition coefficient (Wildman–Crippen LogP) is 3.39. The van der Waals surface area contributed by atoms with Gasteiger partial charge in [0.05, 0.1) is 6.54 Å². The topological polar surface area (TPSA) is 57.3 Å². The van der Waals surface area contributed by atoms with Crippen molar-refractivity contribution in [2.45, 2.75) is 32.2 Å². The number of benzene rings is 1. The van der Waals surface area contributed by atoms with Crippen LogP contribution in [0.25, 0.3) is 0 Å². The molecule has 2 N–H and O–H groups in total. The minimum Gasteiger partial charge on any atom is -0.325 e. The van der Waals surface area contributed by atoms with Crippen molar-refractivity contribution in [1.29, 1.82) is 0 Å². The summed E-state index contributed by atoms with van der Waals surface area (Å²) in [6.07, 6.45) is 3.66. The summed E-state index contributed by atoms with van der Waals surface area (Å²) in [5.41, 5.74) is 3.35. The monoisotopic (exact) mass is 388 g/mol. The van der Waals surface area contributed by atoms with Gasteiger partial charge in [0.25, 0.3) is 0 Å². The highest BCUT2D eigenvalue weighted by atomic mass is 35.5. The first-order valence-corrected chi connectivity index (χ1v) is 9.18. The van der Waals surface area contributed by atoms with Crippen LogP contribution in [0.3, 0.4) is 0 Å². The number of aromatic nitrogens is 1. The fourth-order valence-corrected chi connectivity index (χ4v) is 3.28. The summed E-state index contributed by atoms with van der Waals surface area (Å²) in [4.78, 5) is 19.0. The molecule has 1 saturated heterocycles. The predicted molar refractivity (Wildman–Crippen MR) is 112 cm³/mol. The fourth-order valence-electron chi connectivity index (χ4n) is 3.28. The molecular weight excluding hydrogens is 360 g/mol. The lowest BCUT2D eigenvalue weighted by Gasteiger charge is -2.35. The van der Waals surface area contributed by atoms with E-state index in [0.29, 0.717) is 6.54 Å². The minimum atomic E-state index is 0. The highest BCUT2D eigenvalue weighted by Gasteiger charge is 2.25. The zero-order valence-corrected chi connectivity index (χ0v) is 17.1. The zero-order chi connectivity index (χ0) is 18.6. The van der Waals surface area contributed by atoms with Crippen molar-refractivity contribution in [1.82, 2.24) is 15.2 Å². The molecule has 1 aliphatic rings. The molecule has 146 valence electrons. The van der Waals surface area contributed by atoms with Gasteiger partial charge in [-0.1, -0.05) is 39.0 Å². The number of pyridine rings is 1. The van der Waals surface area contributed by atoms with Gasteiger partial charge in [0.15, 0.2) is 0 Å². The first kappa shape index (κ1) is 21.4. The van der Waals surface area contributed by atoms with Crippen LogP contribution in [0.5, 0.6) is 0 Å². The van der Waals surface area contributed by atoms with Crippen LogP contribution < -0.4 is 10.6 Å². The minimum absolute atomic E-state index is 0. The number of nitrogens with one attached hydrogen (secondary N) is 2. The van der Waals surface area contributed by atoms with Gasteiger partial charge in [-0.05, 0) is 34.7 Å². The number of carbonyl (C=O) groups is 1. The van der Waals surface area contributed by atoms with Crippen LogP contribution in [0.4, 0.5) is 5.69 Å². The molecule has 0 saturated carbocycles. The molecule has 1 atom stereocenters. The zero-order valence-electron chi connectivity index (χ0n) is 16.2. The first-order valence-electron chi connectivity index (χ1n) is 9.18. The van der Waals surface area contributed by atoms with E-state index in [9.17, 15) is 4.79 Å². The second kappa shape index (κ2) is 9.31. The molecule has 2 heterocycles. The highest BCUT2D eigenvalue weighted by molar-refractivity contribution is 5.92. The van der Waals surface area contributed by atoms with Gasteiger partial charge in [0.1, 0.15) is 0 Å². The van der Waals surface area contributed by atoms with Crippen molar-refractivity contribution in [2.24, 2.45) is 0 Å². The molecule has 27 heavy (non-hydrogen) atoms. The van der Waals surface area contributed by atoms with E-state index < -0.39 is 0 Å². The summed E-state index contributed by atoms with van der Waals surface area (Å²) in [6, 6.07) is 12.3. The van der Waals surface area contributed by atoms with E-state index in [1.54, 1.807) is 6.20 Å². The second-order valence-corrected chi connectivity index (χ2v) is 7.85. The molecule has 1 unspecified atom stereocenters. The molecule has 2 aromatic rings. The van der Waals surface area contributed by atoms with Gasteiger partial charge in [-0.3, -0.25) is 14.7 Å². The third-order valence-electron chi connectivity index (χ3n) is 4.80. The molecule has 1 amide bonds. The number of rotatable bonds is 4. The number of carbonyl (C=O) groups excluding carboxylic acids is 1. The average molecular weight is 389 g/mol. The lowest BCUT2D eigenvalue weighted by atomic mass is 9.87. The van der Waals surface area contributed by atoms with Gasteiger partial charge in [-0.25, -0.2) is 0 Å². The maximum absolute atomic E-state index is 12.6. The molecule has 1 aromatic heterocycles. The van der Waals surface area contributed by atoms with Crippen LogP contribution in [0.15, 0.2) is 48.8 Å². The van der Waals surface area contributed by atoms with Crippen molar-refractivity contribution in [3.05, 3.63) is 59.9 Å². The number of anilines is 1. The van der Waals surface area contributed by atoms with E-state index in [4.69, 9.17) is 0 Å². The van der Waals surface area contributed by atoms with Crippen LogP contribution >= 0.6 is 12.4 Å². The number of nitrogens with zero attached hydrogens (tertiary/aromatic N) is 2. The highest BCUT2D eigenvalue weighted by Crippen LogP contribution is 2.24. The van der Waals surface area contributed by atoms with E-state index in [2.05, 4.69) is 59.5 Å². The number of amides is 1. The molecule has 1 aliphatic heterocycles. The molecular formula is C21H29ClN4O. The van der Waals surface area contributed by atoms with Crippen LogP contribution in [-0.4, -0.2) is 42.0 Å². The second-order valence-electron chi connectivity index (χ2n) is 7.85. The lowest BCUT2D eigenvalue weighted by molar-refractivity contribution is -0.118. The van der Waals surface area contributed by atoms with E-state index in [1.807, 2.05) is 24.4 Å². The van der Waals surface area contributed by atoms with Gasteiger partial charge in [0.2, 0.25) is 5.91 Å². The molecule has 0 radical (unpaired) electrons. The van der Waals surface area contributed by atoms with Crippen molar-refractivity contribution in [3.8, 4) is 0 Å². The van der Waals surface area contributed by atoms with Crippen molar-refractivity contribution in [2.75, 3.05) is 31.5 Å². The third-order valence-corrected chi connectivity index (χ3v) is 4.80. The van der Waals surface area contributed by atoms with E-state index in [-0.39, 0.29) is 29.8 Å². The average Bonchev–Trinajstić information content (AvgIpc) is 2.62. The number of halogens is 1. The van der Waals surface area contributed by atoms with Gasteiger partial charge in [-0.2, -0.15) is 0 Å². The number of hydrogen-bond acceptors (Lipinski definition) is 4. The standard InChI is InChI=1S/C21H28N4O.ClH/c1-21(2,3)17-6-8-18(9-7-17)24-20(26)15-25-12-11-23-14-19(25)16-5-4-10-22-13-16;/h4-10,13,19,23H,11-12,14-15H2,1-3H3,(H,24,26);1H. The van der Waals surface area contributed by atoms with Crippen LogP contribution in [0, 0.1) is 0 Å². The maximum atomic E-state index is 12.6. The maximum Gasteiger partial charge on any atom is 0.238 e.